The highest BCUT2D eigenvalue weighted by molar-refractivity contribution is 5.99. The Morgan fingerprint density at radius 2 is 2.15 bits per heavy atom. The van der Waals surface area contributed by atoms with Gasteiger partial charge >= 0.3 is 0 Å². The normalized spacial score (nSPS) is 17.0. The van der Waals surface area contributed by atoms with Gasteiger partial charge in [0, 0.05) is 31.0 Å². The molecule has 3 aromatic rings. The summed E-state index contributed by atoms with van der Waals surface area (Å²) in [6, 6.07) is 4.82. The van der Waals surface area contributed by atoms with Gasteiger partial charge in [-0.3, -0.25) is 4.79 Å². The van der Waals surface area contributed by atoms with Crippen LogP contribution in [0.4, 0.5) is 14.6 Å². The minimum absolute atomic E-state index is 0.00118. The van der Waals surface area contributed by atoms with Crippen LogP contribution in [-0.4, -0.2) is 44.8 Å². The Morgan fingerprint density at radius 3 is 2.94 bits per heavy atom. The Labute approximate surface area is 191 Å². The Hall–Kier alpha value is -3.07. The fraction of sp³-hybridized carbons (Fsp3) is 0.458. The van der Waals surface area contributed by atoms with Crippen molar-refractivity contribution in [3.8, 4) is 0 Å². The molecule has 2 aromatic heterocycles. The minimum Gasteiger partial charge on any atom is -0.396 e. The van der Waals surface area contributed by atoms with Gasteiger partial charge in [-0.05, 0) is 49.9 Å². The number of halogens is 2. The molecule has 1 saturated heterocycles. The zero-order valence-corrected chi connectivity index (χ0v) is 18.7. The lowest BCUT2D eigenvalue weighted by Gasteiger charge is -2.26. The van der Waals surface area contributed by atoms with Crippen molar-refractivity contribution >= 4 is 17.4 Å². The summed E-state index contributed by atoms with van der Waals surface area (Å²) in [7, 11) is 0. The summed E-state index contributed by atoms with van der Waals surface area (Å²) in [5.74, 6) is -0.628. The van der Waals surface area contributed by atoms with E-state index in [0.717, 1.165) is 37.8 Å². The zero-order chi connectivity index (χ0) is 23.4. The summed E-state index contributed by atoms with van der Waals surface area (Å²) >= 11 is 0. The highest BCUT2D eigenvalue weighted by Gasteiger charge is 2.30. The monoisotopic (exact) mass is 457 g/mol. The van der Waals surface area contributed by atoms with Gasteiger partial charge in [0.1, 0.15) is 23.0 Å². The van der Waals surface area contributed by atoms with Crippen molar-refractivity contribution in [1.82, 2.24) is 19.9 Å². The number of anilines is 1. The van der Waals surface area contributed by atoms with Gasteiger partial charge < -0.3 is 15.3 Å². The first-order valence-corrected chi connectivity index (χ1v) is 11.5. The van der Waals surface area contributed by atoms with Gasteiger partial charge in [-0.25, -0.2) is 18.3 Å². The molecule has 1 unspecified atom stereocenters. The predicted octanol–water partition coefficient (Wildman–Crippen LogP) is 4.02. The highest BCUT2D eigenvalue weighted by Crippen LogP contribution is 2.36. The smallest absolute Gasteiger partial charge is 0.256 e. The molecule has 4 rings (SSSR count). The Kier molecular flexibility index (Phi) is 7.17. The average molecular weight is 458 g/mol. The largest absolute Gasteiger partial charge is 0.396 e. The number of hydrogen-bond acceptors (Lipinski definition) is 5. The predicted molar refractivity (Wildman–Crippen MR) is 121 cm³/mol. The first-order valence-electron chi connectivity index (χ1n) is 11.5. The minimum atomic E-state index is -0.475. The second-order valence-electron chi connectivity index (χ2n) is 8.45. The third-order valence-electron chi connectivity index (χ3n) is 6.18. The second-order valence-corrected chi connectivity index (χ2v) is 8.45. The Balaban J connectivity index is 1.61. The molecule has 2 atom stereocenters. The van der Waals surface area contributed by atoms with E-state index in [4.69, 9.17) is 0 Å². The van der Waals surface area contributed by atoms with E-state index in [1.54, 1.807) is 12.3 Å². The van der Waals surface area contributed by atoms with E-state index < -0.39 is 11.6 Å². The van der Waals surface area contributed by atoms with Gasteiger partial charge in [-0.2, -0.15) is 5.10 Å². The van der Waals surface area contributed by atoms with Crippen LogP contribution in [0, 0.1) is 11.6 Å². The maximum atomic E-state index is 14.5. The van der Waals surface area contributed by atoms with Crippen LogP contribution in [0.1, 0.15) is 67.4 Å². The molecular formula is C24H29F2N5O2. The van der Waals surface area contributed by atoms with E-state index in [1.807, 2.05) is 4.90 Å². The molecule has 1 fully saturated rings. The van der Waals surface area contributed by atoms with E-state index in [0.29, 0.717) is 42.0 Å². The van der Waals surface area contributed by atoms with E-state index >= 15 is 0 Å². The van der Waals surface area contributed by atoms with Crippen molar-refractivity contribution < 1.29 is 18.7 Å². The Morgan fingerprint density at radius 1 is 1.30 bits per heavy atom. The molecule has 1 aromatic carbocycles. The van der Waals surface area contributed by atoms with Crippen LogP contribution < -0.4 is 10.2 Å². The molecule has 2 N–H and O–H groups in total. The topological polar surface area (TPSA) is 82.8 Å². The van der Waals surface area contributed by atoms with Crippen molar-refractivity contribution in [2.45, 2.75) is 57.5 Å². The van der Waals surface area contributed by atoms with Crippen molar-refractivity contribution in [3.63, 3.8) is 0 Å². The van der Waals surface area contributed by atoms with Gasteiger partial charge in [0.2, 0.25) is 0 Å². The van der Waals surface area contributed by atoms with Gasteiger partial charge in [0.15, 0.2) is 5.65 Å². The molecule has 7 nitrogen and oxygen atoms in total. The number of benzene rings is 1. The molecule has 0 aliphatic carbocycles. The molecular weight excluding hydrogens is 428 g/mol. The van der Waals surface area contributed by atoms with Crippen LogP contribution in [0.2, 0.25) is 0 Å². The number of amides is 1. The first kappa shape index (κ1) is 23.1. The van der Waals surface area contributed by atoms with E-state index in [9.17, 15) is 18.7 Å². The molecule has 176 valence electrons. The molecule has 3 heterocycles. The molecule has 9 heteroatoms. The summed E-state index contributed by atoms with van der Waals surface area (Å²) < 4.78 is 29.8. The molecule has 1 aliphatic rings. The number of carbonyl (C=O) groups excluding carboxylic acids is 1. The quantitative estimate of drug-likeness (QED) is 0.507. The molecule has 0 spiro atoms. The van der Waals surface area contributed by atoms with E-state index in [2.05, 4.69) is 22.3 Å². The lowest BCUT2D eigenvalue weighted by atomic mass is 10.0. The first-order chi connectivity index (χ1) is 16.0. The standard InChI is InChI=1S/C24H29F2N5O2/c1-2-3-5-17(10-13-32)28-24(33)19-15-27-31-12-9-22(29-23(19)31)30-11-4-6-21(30)18-14-16(25)7-8-20(18)26/h7-9,12,14-15,17,21,32H,2-6,10-11,13H2,1H3,(H,28,33)/t17?,21-/m1/s1. The summed E-state index contributed by atoms with van der Waals surface area (Å²) in [5, 5.41) is 16.6. The number of fused-ring (bicyclic) bond motifs is 1. The van der Waals surface area contributed by atoms with E-state index in [-0.39, 0.29) is 24.6 Å². The van der Waals surface area contributed by atoms with Crippen molar-refractivity contribution in [3.05, 3.63) is 59.4 Å². The van der Waals surface area contributed by atoms with Crippen LogP contribution in [0.5, 0.6) is 0 Å². The number of unbranched alkanes of at least 4 members (excludes halogenated alkanes) is 1. The number of nitrogens with zero attached hydrogens (tertiary/aromatic N) is 4. The van der Waals surface area contributed by atoms with Crippen LogP contribution in [-0.2, 0) is 0 Å². The number of rotatable bonds is 9. The average Bonchev–Trinajstić information content (AvgIpc) is 3.46. The van der Waals surface area contributed by atoms with Crippen molar-refractivity contribution in [2.75, 3.05) is 18.1 Å². The highest BCUT2D eigenvalue weighted by atomic mass is 19.1. The molecule has 33 heavy (non-hydrogen) atoms. The van der Waals surface area contributed by atoms with Gasteiger partial charge in [-0.1, -0.05) is 19.8 Å². The maximum absolute atomic E-state index is 14.5. The lowest BCUT2D eigenvalue weighted by molar-refractivity contribution is 0.0928. The van der Waals surface area contributed by atoms with Gasteiger partial charge in [-0.15, -0.1) is 0 Å². The molecule has 0 radical (unpaired) electrons. The summed E-state index contributed by atoms with van der Waals surface area (Å²) in [6.07, 6.45) is 7.92. The third kappa shape index (κ3) is 4.98. The fourth-order valence-electron chi connectivity index (χ4n) is 4.47. The fourth-order valence-corrected chi connectivity index (χ4v) is 4.47. The summed E-state index contributed by atoms with van der Waals surface area (Å²) in [6.45, 7) is 2.73. The van der Waals surface area contributed by atoms with Crippen LogP contribution in [0.25, 0.3) is 5.65 Å². The maximum Gasteiger partial charge on any atom is 0.256 e. The molecule has 1 aliphatic heterocycles. The lowest BCUT2D eigenvalue weighted by Crippen LogP contribution is -2.35. The molecule has 1 amide bonds. The molecule has 0 bridgehead atoms. The SMILES string of the molecule is CCCCC(CCO)NC(=O)c1cnn2ccc(N3CCC[C@@H]3c3cc(F)ccc3F)nc12. The second kappa shape index (κ2) is 10.2. The van der Waals surface area contributed by atoms with Gasteiger partial charge in [0.05, 0.1) is 12.2 Å². The zero-order valence-electron chi connectivity index (χ0n) is 18.7. The number of aliphatic hydroxyl groups is 1. The van der Waals surface area contributed by atoms with Gasteiger partial charge in [0.25, 0.3) is 5.91 Å². The number of carbonyl (C=O) groups is 1. The Bertz CT molecular complexity index is 1120. The number of aromatic nitrogens is 3. The van der Waals surface area contributed by atoms with Crippen LogP contribution in [0.3, 0.4) is 0 Å². The number of nitrogens with one attached hydrogen (secondary N) is 1. The van der Waals surface area contributed by atoms with E-state index in [1.165, 1.54) is 16.8 Å². The van der Waals surface area contributed by atoms with Crippen LogP contribution >= 0.6 is 0 Å². The van der Waals surface area contributed by atoms with Crippen LogP contribution in [0.15, 0.2) is 36.7 Å². The van der Waals surface area contributed by atoms with Crippen molar-refractivity contribution in [2.24, 2.45) is 0 Å². The molecule has 0 saturated carbocycles. The third-order valence-corrected chi connectivity index (χ3v) is 6.18. The summed E-state index contributed by atoms with van der Waals surface area (Å²) in [5.41, 5.74) is 1.04. The number of aliphatic hydroxyl groups excluding tert-OH is 1. The van der Waals surface area contributed by atoms with Crippen molar-refractivity contribution in [1.29, 1.82) is 0 Å². The summed E-state index contributed by atoms with van der Waals surface area (Å²) in [4.78, 5) is 19.6. The number of hydrogen-bond donors (Lipinski definition) is 2.